The number of hydrogen-bond acceptors (Lipinski definition) is 8. The van der Waals surface area contributed by atoms with Crippen LogP contribution in [0.5, 0.6) is 0 Å². The van der Waals surface area contributed by atoms with Crippen LogP contribution in [0.2, 0.25) is 0 Å². The second-order valence-corrected chi connectivity index (χ2v) is 15.0. The molecule has 4 aromatic rings. The van der Waals surface area contributed by atoms with Crippen LogP contribution in [0, 0.1) is 0 Å². The van der Waals surface area contributed by atoms with Crippen LogP contribution in [0.3, 0.4) is 0 Å². The molecule has 0 radical (unpaired) electrons. The summed E-state index contributed by atoms with van der Waals surface area (Å²) in [5.74, 6) is 0. The molecule has 0 spiro atoms. The van der Waals surface area contributed by atoms with Crippen molar-refractivity contribution in [2.75, 3.05) is 50.5 Å². The van der Waals surface area contributed by atoms with Crippen molar-refractivity contribution in [1.29, 1.82) is 0 Å². The van der Waals surface area contributed by atoms with Gasteiger partial charge in [-0.1, -0.05) is 48.6 Å². The third-order valence-corrected chi connectivity index (χ3v) is 7.17. The van der Waals surface area contributed by atoms with Gasteiger partial charge in [0.25, 0.3) is 0 Å². The van der Waals surface area contributed by atoms with E-state index in [-0.39, 0.29) is 0 Å². The minimum atomic E-state index is -3.92. The molecule has 0 unspecified atom stereocenters. The molecule has 0 saturated heterocycles. The molecular formula is C38H50N4O6S2. The molecule has 2 aromatic carbocycles. The summed E-state index contributed by atoms with van der Waals surface area (Å²) in [4.78, 5) is 4.24. The lowest BCUT2D eigenvalue weighted by atomic mass is 10.1. The molecule has 0 bridgehead atoms. The second-order valence-electron chi connectivity index (χ2n) is 12.2. The molecule has 0 atom stereocenters. The zero-order chi connectivity index (χ0) is 37.2. The predicted octanol–water partition coefficient (Wildman–Crippen LogP) is 5.32. The third kappa shape index (κ3) is 20.2. The fraction of sp³-hybridized carbons (Fsp3) is 0.316. The number of hydrogen-bond donors (Lipinski definition) is 0. The lowest BCUT2D eigenvalue weighted by Gasteiger charge is -2.11. The molecule has 0 N–H and O–H groups in total. The Morgan fingerprint density at radius 2 is 0.720 bits per heavy atom. The van der Waals surface area contributed by atoms with Gasteiger partial charge < -0.3 is 18.9 Å². The van der Waals surface area contributed by atoms with Gasteiger partial charge in [-0.05, 0) is 59.4 Å². The summed E-state index contributed by atoms with van der Waals surface area (Å²) in [5, 5.41) is 0. The second kappa shape index (κ2) is 21.0. The minimum Gasteiger partial charge on any atom is -0.748 e. The molecule has 0 aliphatic rings. The van der Waals surface area contributed by atoms with Crippen molar-refractivity contribution in [3.63, 3.8) is 0 Å². The largest absolute Gasteiger partial charge is 0.748 e. The molecular weight excluding hydrogens is 673 g/mol. The molecule has 2 heterocycles. The first-order chi connectivity index (χ1) is 23.5. The van der Waals surface area contributed by atoms with E-state index >= 15 is 0 Å². The first-order valence-electron chi connectivity index (χ1n) is 16.2. The van der Waals surface area contributed by atoms with Gasteiger partial charge in [-0.15, -0.1) is 0 Å². The highest BCUT2D eigenvalue weighted by atomic mass is 32.2. The maximum atomic E-state index is 9.08. The van der Waals surface area contributed by atoms with Gasteiger partial charge in [0.1, 0.15) is 13.1 Å². The van der Waals surface area contributed by atoms with Gasteiger partial charge in [0, 0.05) is 89.2 Å². The summed E-state index contributed by atoms with van der Waals surface area (Å²) in [6.45, 7) is 2.14. The average molecular weight is 723 g/mol. The molecule has 0 saturated carbocycles. The summed E-state index contributed by atoms with van der Waals surface area (Å²) >= 11 is 0. The smallest absolute Gasteiger partial charge is 0.169 e. The molecule has 12 heteroatoms. The van der Waals surface area contributed by atoms with Crippen LogP contribution in [-0.2, 0) is 33.3 Å². The van der Waals surface area contributed by atoms with Gasteiger partial charge in [-0.25, -0.2) is 26.0 Å². The van der Waals surface area contributed by atoms with Crippen LogP contribution >= 0.6 is 0 Å². The van der Waals surface area contributed by atoms with Gasteiger partial charge in [0.15, 0.2) is 24.8 Å². The predicted molar refractivity (Wildman–Crippen MR) is 202 cm³/mol. The van der Waals surface area contributed by atoms with E-state index in [0.29, 0.717) is 12.5 Å². The molecule has 0 aliphatic heterocycles. The number of anilines is 2. The highest BCUT2D eigenvalue weighted by molar-refractivity contribution is 7.85. The first-order valence-corrected chi connectivity index (χ1v) is 19.8. The summed E-state index contributed by atoms with van der Waals surface area (Å²) < 4.78 is 59.0. The molecule has 0 aliphatic carbocycles. The standard InChI is InChI=1S/C36H44N4.2CH4O3S/c1-37(2)35-17-13-31(14-18-35)9-11-33-21-27-39(28-22-33)25-7-5-6-8-26-40-29-23-34(24-30-40)12-10-32-15-19-36(20-16-32)38(3)4;2*1-5(2,3)4/h9-24,27-30H,5-8,25-26H2,1-4H3;2*1H3,(H,2,3,4)/q+2;;/p-2. The minimum absolute atomic E-state index is 0.604. The maximum Gasteiger partial charge on any atom is 0.169 e. The van der Waals surface area contributed by atoms with Crippen molar-refractivity contribution < 1.29 is 35.1 Å². The van der Waals surface area contributed by atoms with E-state index in [9.17, 15) is 0 Å². The van der Waals surface area contributed by atoms with E-state index in [2.05, 4.69) is 169 Å². The number of aromatic nitrogens is 2. The van der Waals surface area contributed by atoms with E-state index in [1.54, 1.807) is 0 Å². The Morgan fingerprint density at radius 3 is 0.960 bits per heavy atom. The monoisotopic (exact) mass is 722 g/mol. The molecule has 50 heavy (non-hydrogen) atoms. The van der Waals surface area contributed by atoms with Crippen LogP contribution in [0.1, 0.15) is 47.9 Å². The Morgan fingerprint density at radius 1 is 0.480 bits per heavy atom. The highest BCUT2D eigenvalue weighted by Gasteiger charge is 2.03. The lowest BCUT2D eigenvalue weighted by molar-refractivity contribution is -0.698. The Hall–Kier alpha value is -4.36. The van der Waals surface area contributed by atoms with Gasteiger partial charge in [-0.2, -0.15) is 0 Å². The summed E-state index contributed by atoms with van der Waals surface area (Å²) in [5.41, 5.74) is 7.33. The zero-order valence-electron chi connectivity index (χ0n) is 29.8. The topological polar surface area (TPSA) is 129 Å². The van der Waals surface area contributed by atoms with E-state index in [4.69, 9.17) is 25.9 Å². The van der Waals surface area contributed by atoms with Gasteiger partial charge >= 0.3 is 0 Å². The molecule has 270 valence electrons. The molecule has 10 nitrogen and oxygen atoms in total. The average Bonchev–Trinajstić information content (AvgIpc) is 3.04. The Bertz CT molecular complexity index is 1680. The van der Waals surface area contributed by atoms with Gasteiger partial charge in [0.05, 0.1) is 20.2 Å². The van der Waals surface area contributed by atoms with Crippen molar-refractivity contribution in [2.24, 2.45) is 0 Å². The Balaban J connectivity index is 0.000000761. The number of nitrogens with zero attached hydrogens (tertiary/aromatic N) is 4. The fourth-order valence-electron chi connectivity index (χ4n) is 4.55. The van der Waals surface area contributed by atoms with Gasteiger partial charge in [-0.3, -0.25) is 0 Å². The number of aryl methyl sites for hydroxylation is 2. The number of rotatable bonds is 13. The highest BCUT2D eigenvalue weighted by Crippen LogP contribution is 2.15. The summed E-state index contributed by atoms with van der Waals surface area (Å²) in [7, 11) is 0.427. The molecule has 4 rings (SSSR count). The van der Waals surface area contributed by atoms with Crippen LogP contribution in [0.15, 0.2) is 97.6 Å². The van der Waals surface area contributed by atoms with Crippen LogP contribution in [0.25, 0.3) is 24.3 Å². The zero-order valence-corrected chi connectivity index (χ0v) is 31.5. The number of unbranched alkanes of at least 4 members (excludes halogenated alkanes) is 3. The molecule has 0 fully saturated rings. The van der Waals surface area contributed by atoms with Crippen molar-refractivity contribution in [3.8, 4) is 0 Å². The van der Waals surface area contributed by atoms with Crippen molar-refractivity contribution >= 4 is 55.9 Å². The van der Waals surface area contributed by atoms with E-state index < -0.39 is 20.2 Å². The van der Waals surface area contributed by atoms with Crippen LogP contribution in [-0.4, -0.2) is 66.6 Å². The Kier molecular flexibility index (Phi) is 17.6. The Labute approximate surface area is 299 Å². The maximum absolute atomic E-state index is 9.08. The quantitative estimate of drug-likeness (QED) is 0.103. The van der Waals surface area contributed by atoms with Crippen molar-refractivity contribution in [1.82, 2.24) is 0 Å². The van der Waals surface area contributed by atoms with Crippen LogP contribution in [0.4, 0.5) is 11.4 Å². The molecule has 2 aromatic heterocycles. The van der Waals surface area contributed by atoms with Gasteiger partial charge in [0.2, 0.25) is 0 Å². The van der Waals surface area contributed by atoms with Crippen molar-refractivity contribution in [2.45, 2.75) is 38.8 Å². The third-order valence-electron chi connectivity index (χ3n) is 7.17. The SMILES string of the molecule is CN(C)c1ccc(/C=C/c2cc[n+](CCCCCC[n+]3ccc(/C=C/c4ccc(N(C)C)cc4)cc3)cc2)cc1.CS(=O)(=O)[O-].CS(=O)(=O)[O-]. The number of benzene rings is 2. The fourth-order valence-corrected chi connectivity index (χ4v) is 4.55. The number of pyridine rings is 2. The van der Waals surface area contributed by atoms with Crippen LogP contribution < -0.4 is 18.9 Å². The summed E-state index contributed by atoms with van der Waals surface area (Å²) in [6, 6.07) is 26.0. The summed E-state index contributed by atoms with van der Waals surface area (Å²) in [6.07, 6.45) is 23.6. The normalized spacial score (nSPS) is 11.4. The van der Waals surface area contributed by atoms with Crippen molar-refractivity contribution in [3.05, 3.63) is 120 Å². The van der Waals surface area contributed by atoms with E-state index in [0.717, 1.165) is 13.1 Å². The lowest BCUT2D eigenvalue weighted by Crippen LogP contribution is -2.33. The van der Waals surface area contributed by atoms with E-state index in [1.807, 2.05) is 0 Å². The first kappa shape index (κ1) is 41.8. The molecule has 0 amide bonds. The van der Waals surface area contributed by atoms with E-state index in [1.165, 1.54) is 59.3 Å².